The lowest BCUT2D eigenvalue weighted by Crippen LogP contribution is -2.31. The molecule has 1 amide bonds. The Labute approximate surface area is 106 Å². The molecule has 1 aromatic rings. The number of nitrogens with one attached hydrogen (secondary N) is 1. The molecule has 0 fully saturated rings. The molecule has 0 heterocycles. The van der Waals surface area contributed by atoms with Crippen molar-refractivity contribution in [2.75, 3.05) is 6.61 Å². The number of ether oxygens (including phenoxy) is 1. The van der Waals surface area contributed by atoms with Crippen molar-refractivity contribution in [1.82, 2.24) is 5.32 Å². The Hall–Kier alpha value is -1.62. The fraction of sp³-hybridized carbons (Fsp3) is 0.462. The smallest absolute Gasteiger partial charge is 0.223 e. The Morgan fingerprint density at radius 1 is 1.50 bits per heavy atom. The lowest BCUT2D eigenvalue weighted by Gasteiger charge is -2.11. The summed E-state index contributed by atoms with van der Waals surface area (Å²) in [4.78, 5) is 11.4. The summed E-state index contributed by atoms with van der Waals surface area (Å²) in [6, 6.07) is 4.00. The van der Waals surface area contributed by atoms with Gasteiger partial charge in [-0.2, -0.15) is 0 Å². The normalized spacial score (nSPS) is 10.5. The van der Waals surface area contributed by atoms with Gasteiger partial charge >= 0.3 is 0 Å². The van der Waals surface area contributed by atoms with Gasteiger partial charge in [0.1, 0.15) is 11.6 Å². The van der Waals surface area contributed by atoms with E-state index in [9.17, 15) is 9.18 Å². The number of aliphatic hydroxyl groups excluding tert-OH is 1. The maximum absolute atomic E-state index is 12.9. The van der Waals surface area contributed by atoms with E-state index in [0.717, 1.165) is 0 Å². The zero-order valence-electron chi connectivity index (χ0n) is 10.6. The molecule has 0 radical (unpaired) electrons. The number of hydrogen-bond donors (Lipinski definition) is 2. The summed E-state index contributed by atoms with van der Waals surface area (Å²) in [6.07, 6.45) is 0.223. The number of carbonyl (C=O) groups excluding carboxylic acids is 1. The third kappa shape index (κ3) is 4.71. The number of benzene rings is 1. The number of carbonyl (C=O) groups is 1. The van der Waals surface area contributed by atoms with Gasteiger partial charge in [0.15, 0.2) is 0 Å². The minimum absolute atomic E-state index is 0.0938. The van der Waals surface area contributed by atoms with Gasteiger partial charge < -0.3 is 15.2 Å². The molecule has 4 nitrogen and oxygen atoms in total. The number of amides is 1. The van der Waals surface area contributed by atoms with E-state index in [1.165, 1.54) is 18.2 Å². The van der Waals surface area contributed by atoms with Gasteiger partial charge in [0.2, 0.25) is 5.91 Å². The molecule has 0 aliphatic rings. The lowest BCUT2D eigenvalue weighted by molar-refractivity contribution is -0.122. The quantitative estimate of drug-likeness (QED) is 0.812. The summed E-state index contributed by atoms with van der Waals surface area (Å²) < 4.78 is 18.2. The van der Waals surface area contributed by atoms with Gasteiger partial charge in [-0.25, -0.2) is 4.39 Å². The van der Waals surface area contributed by atoms with E-state index in [2.05, 4.69) is 5.32 Å². The molecular formula is C13H18FNO3. The standard InChI is InChI=1S/C13H18FNO3/c1-9(2)15-13(17)5-6-18-12-4-3-11(14)7-10(12)8-16/h3-4,7,9,16H,5-6,8H2,1-2H3,(H,15,17). The maximum atomic E-state index is 12.9. The van der Waals surface area contributed by atoms with Gasteiger partial charge in [0.25, 0.3) is 0 Å². The zero-order chi connectivity index (χ0) is 13.5. The van der Waals surface area contributed by atoms with Crippen molar-refractivity contribution < 1.29 is 19.0 Å². The first-order valence-corrected chi connectivity index (χ1v) is 5.84. The highest BCUT2D eigenvalue weighted by Gasteiger charge is 2.07. The first-order chi connectivity index (χ1) is 8.52. The molecule has 100 valence electrons. The van der Waals surface area contributed by atoms with Crippen molar-refractivity contribution in [3.63, 3.8) is 0 Å². The summed E-state index contributed by atoms with van der Waals surface area (Å²) in [5.74, 6) is -0.127. The van der Waals surface area contributed by atoms with Gasteiger partial charge in [-0.05, 0) is 32.0 Å². The molecule has 0 saturated carbocycles. The summed E-state index contributed by atoms with van der Waals surface area (Å²) in [7, 11) is 0. The van der Waals surface area contributed by atoms with E-state index in [4.69, 9.17) is 9.84 Å². The number of halogens is 1. The van der Waals surface area contributed by atoms with Crippen LogP contribution in [-0.2, 0) is 11.4 Å². The van der Waals surface area contributed by atoms with Gasteiger partial charge in [0.05, 0.1) is 19.6 Å². The zero-order valence-corrected chi connectivity index (χ0v) is 10.6. The van der Waals surface area contributed by atoms with Crippen molar-refractivity contribution in [1.29, 1.82) is 0 Å². The van der Waals surface area contributed by atoms with E-state index < -0.39 is 5.82 Å². The predicted molar refractivity (Wildman–Crippen MR) is 65.7 cm³/mol. The van der Waals surface area contributed by atoms with Crippen molar-refractivity contribution in [2.24, 2.45) is 0 Å². The van der Waals surface area contributed by atoms with Crippen LogP contribution in [0.2, 0.25) is 0 Å². The molecule has 0 spiro atoms. The predicted octanol–water partition coefficient (Wildman–Crippen LogP) is 1.61. The van der Waals surface area contributed by atoms with Crippen LogP contribution in [0.4, 0.5) is 4.39 Å². The highest BCUT2D eigenvalue weighted by molar-refractivity contribution is 5.76. The Kier molecular flexibility index (Phi) is 5.58. The van der Waals surface area contributed by atoms with Crippen LogP contribution in [0, 0.1) is 5.82 Å². The fourth-order valence-corrected chi connectivity index (χ4v) is 1.46. The van der Waals surface area contributed by atoms with Crippen LogP contribution in [0.15, 0.2) is 18.2 Å². The van der Waals surface area contributed by atoms with Gasteiger partial charge in [-0.15, -0.1) is 0 Å². The monoisotopic (exact) mass is 255 g/mol. The van der Waals surface area contributed by atoms with Crippen LogP contribution in [0.3, 0.4) is 0 Å². The van der Waals surface area contributed by atoms with Crippen molar-refractivity contribution >= 4 is 5.91 Å². The third-order valence-electron chi connectivity index (χ3n) is 2.23. The van der Waals surface area contributed by atoms with E-state index in [1.807, 2.05) is 13.8 Å². The van der Waals surface area contributed by atoms with E-state index in [0.29, 0.717) is 11.3 Å². The third-order valence-corrected chi connectivity index (χ3v) is 2.23. The van der Waals surface area contributed by atoms with Crippen molar-refractivity contribution in [3.05, 3.63) is 29.6 Å². The SMILES string of the molecule is CC(C)NC(=O)CCOc1ccc(F)cc1CO. The molecule has 1 aromatic carbocycles. The fourth-order valence-electron chi connectivity index (χ4n) is 1.46. The lowest BCUT2D eigenvalue weighted by atomic mass is 10.2. The number of rotatable bonds is 6. The summed E-state index contributed by atoms with van der Waals surface area (Å²) >= 11 is 0. The van der Waals surface area contributed by atoms with Crippen LogP contribution in [0.1, 0.15) is 25.8 Å². The van der Waals surface area contributed by atoms with E-state index in [-0.39, 0.29) is 31.6 Å². The minimum atomic E-state index is -0.427. The van der Waals surface area contributed by atoms with Gasteiger partial charge in [0, 0.05) is 11.6 Å². The Bertz CT molecular complexity index is 407. The molecule has 0 aliphatic heterocycles. The highest BCUT2D eigenvalue weighted by atomic mass is 19.1. The molecular weight excluding hydrogens is 237 g/mol. The Morgan fingerprint density at radius 2 is 2.22 bits per heavy atom. The molecule has 0 unspecified atom stereocenters. The molecule has 0 saturated heterocycles. The molecule has 5 heteroatoms. The first-order valence-electron chi connectivity index (χ1n) is 5.84. The summed E-state index contributed by atoms with van der Waals surface area (Å²) in [5, 5.41) is 11.8. The molecule has 0 aromatic heterocycles. The van der Waals surface area contributed by atoms with E-state index in [1.54, 1.807) is 0 Å². The van der Waals surface area contributed by atoms with Crippen LogP contribution in [-0.4, -0.2) is 23.7 Å². The largest absolute Gasteiger partial charge is 0.493 e. The summed E-state index contributed by atoms with van der Waals surface area (Å²) in [6.45, 7) is 3.65. The average molecular weight is 255 g/mol. The molecule has 2 N–H and O–H groups in total. The second-order valence-electron chi connectivity index (χ2n) is 4.23. The van der Waals surface area contributed by atoms with Crippen molar-refractivity contribution in [2.45, 2.75) is 32.9 Å². The van der Waals surface area contributed by atoms with E-state index >= 15 is 0 Å². The van der Waals surface area contributed by atoms with Crippen LogP contribution in [0.25, 0.3) is 0 Å². The van der Waals surface area contributed by atoms with Gasteiger partial charge in [-0.1, -0.05) is 0 Å². The molecule has 1 rings (SSSR count). The molecule has 0 atom stereocenters. The number of aliphatic hydroxyl groups is 1. The second-order valence-corrected chi connectivity index (χ2v) is 4.23. The minimum Gasteiger partial charge on any atom is -0.493 e. The van der Waals surface area contributed by atoms with Crippen LogP contribution in [0.5, 0.6) is 5.75 Å². The topological polar surface area (TPSA) is 58.6 Å². The highest BCUT2D eigenvalue weighted by Crippen LogP contribution is 2.19. The molecule has 18 heavy (non-hydrogen) atoms. The maximum Gasteiger partial charge on any atom is 0.223 e. The Morgan fingerprint density at radius 3 is 2.83 bits per heavy atom. The van der Waals surface area contributed by atoms with Gasteiger partial charge in [-0.3, -0.25) is 4.79 Å². The number of hydrogen-bond acceptors (Lipinski definition) is 3. The Balaban J connectivity index is 2.46. The average Bonchev–Trinajstić information content (AvgIpc) is 2.30. The second kappa shape index (κ2) is 6.96. The summed E-state index contributed by atoms with van der Waals surface area (Å²) in [5.41, 5.74) is 0.374. The molecule has 0 aliphatic carbocycles. The first kappa shape index (κ1) is 14.4. The van der Waals surface area contributed by atoms with Crippen LogP contribution >= 0.6 is 0 Å². The van der Waals surface area contributed by atoms with Crippen LogP contribution < -0.4 is 10.1 Å². The van der Waals surface area contributed by atoms with Crippen molar-refractivity contribution in [3.8, 4) is 5.75 Å². The molecule has 0 bridgehead atoms.